The molecule has 0 radical (unpaired) electrons. The largest absolute Gasteiger partial charge is 0.381 e. The van der Waals surface area contributed by atoms with Gasteiger partial charge in [0.15, 0.2) is 5.96 Å². The Hall–Kier alpha value is -0.0800. The number of hydrogen-bond donors (Lipinski definition) is 1. The van der Waals surface area contributed by atoms with Crippen LogP contribution >= 0.6 is 24.0 Å². The second-order valence-electron chi connectivity index (χ2n) is 5.33. The van der Waals surface area contributed by atoms with Gasteiger partial charge in [0.25, 0.3) is 0 Å². The average molecular weight is 397 g/mol. The molecule has 1 unspecified atom stereocenters. The van der Waals surface area contributed by atoms with Crippen LogP contribution in [-0.4, -0.2) is 64.0 Å². The lowest BCUT2D eigenvalue weighted by atomic mass is 10.1. The standard InChI is InChI=1S/C14H27N3O2.HI/c1-15-14(17-7-2-3-8-17)16-6-4-9-18-11-13-5-10-19-12-13;/h13H,2-12H2,1H3,(H,15,16);1H. The number of guanidine groups is 1. The summed E-state index contributed by atoms with van der Waals surface area (Å²) in [6.07, 6.45) is 4.75. The van der Waals surface area contributed by atoms with Crippen molar-refractivity contribution in [1.29, 1.82) is 0 Å². The van der Waals surface area contributed by atoms with E-state index in [0.29, 0.717) is 5.92 Å². The molecule has 2 aliphatic rings. The molecule has 1 atom stereocenters. The van der Waals surface area contributed by atoms with Crippen molar-refractivity contribution in [1.82, 2.24) is 10.2 Å². The summed E-state index contributed by atoms with van der Waals surface area (Å²) in [7, 11) is 1.86. The molecular weight excluding hydrogens is 369 g/mol. The van der Waals surface area contributed by atoms with Gasteiger partial charge in [-0.1, -0.05) is 0 Å². The highest BCUT2D eigenvalue weighted by molar-refractivity contribution is 14.0. The van der Waals surface area contributed by atoms with Crippen molar-refractivity contribution in [2.75, 3.05) is 53.1 Å². The molecule has 6 heteroatoms. The number of rotatable bonds is 6. The smallest absolute Gasteiger partial charge is 0.193 e. The first-order valence-electron chi connectivity index (χ1n) is 7.51. The lowest BCUT2D eigenvalue weighted by Crippen LogP contribution is -2.40. The first-order valence-corrected chi connectivity index (χ1v) is 7.51. The van der Waals surface area contributed by atoms with Crippen molar-refractivity contribution in [2.24, 2.45) is 10.9 Å². The second-order valence-corrected chi connectivity index (χ2v) is 5.33. The molecule has 20 heavy (non-hydrogen) atoms. The summed E-state index contributed by atoms with van der Waals surface area (Å²) < 4.78 is 11.0. The van der Waals surface area contributed by atoms with Crippen LogP contribution in [-0.2, 0) is 9.47 Å². The highest BCUT2D eigenvalue weighted by Gasteiger charge is 2.16. The van der Waals surface area contributed by atoms with Gasteiger partial charge in [0.2, 0.25) is 0 Å². The van der Waals surface area contributed by atoms with Crippen LogP contribution in [0.5, 0.6) is 0 Å². The summed E-state index contributed by atoms with van der Waals surface area (Å²) >= 11 is 0. The van der Waals surface area contributed by atoms with Gasteiger partial charge in [-0.3, -0.25) is 4.99 Å². The third kappa shape index (κ3) is 6.13. The van der Waals surface area contributed by atoms with Crippen LogP contribution in [0, 0.1) is 5.92 Å². The van der Waals surface area contributed by atoms with Crippen LogP contribution in [0.1, 0.15) is 25.7 Å². The number of halogens is 1. The van der Waals surface area contributed by atoms with E-state index in [1.165, 1.54) is 12.8 Å². The second kappa shape index (κ2) is 10.6. The summed E-state index contributed by atoms with van der Waals surface area (Å²) in [5.74, 6) is 1.66. The molecular formula is C14H28IN3O2. The third-order valence-electron chi connectivity index (χ3n) is 3.74. The van der Waals surface area contributed by atoms with Crippen molar-refractivity contribution in [2.45, 2.75) is 25.7 Å². The average Bonchev–Trinajstić information content (AvgIpc) is 3.11. The summed E-state index contributed by atoms with van der Waals surface area (Å²) in [6, 6.07) is 0. The Kier molecular flexibility index (Phi) is 9.54. The molecule has 0 aromatic heterocycles. The van der Waals surface area contributed by atoms with Crippen molar-refractivity contribution < 1.29 is 9.47 Å². The minimum Gasteiger partial charge on any atom is -0.381 e. The van der Waals surface area contributed by atoms with Gasteiger partial charge in [0, 0.05) is 45.8 Å². The topological polar surface area (TPSA) is 46.1 Å². The normalized spacial score (nSPS) is 22.9. The summed E-state index contributed by atoms with van der Waals surface area (Å²) in [6.45, 7) is 6.66. The zero-order chi connectivity index (χ0) is 13.3. The molecule has 0 spiro atoms. The number of ether oxygens (including phenoxy) is 2. The first kappa shape index (κ1) is 18.0. The van der Waals surface area contributed by atoms with Crippen LogP contribution in [0.4, 0.5) is 0 Å². The Bertz CT molecular complexity index is 278. The Morgan fingerprint density at radius 1 is 1.40 bits per heavy atom. The number of hydrogen-bond acceptors (Lipinski definition) is 3. The van der Waals surface area contributed by atoms with E-state index in [1.807, 2.05) is 7.05 Å². The molecule has 0 aromatic carbocycles. The molecule has 2 heterocycles. The number of nitrogens with one attached hydrogen (secondary N) is 1. The van der Waals surface area contributed by atoms with Crippen LogP contribution in [0.15, 0.2) is 4.99 Å². The summed E-state index contributed by atoms with van der Waals surface area (Å²) in [4.78, 5) is 6.66. The summed E-state index contributed by atoms with van der Waals surface area (Å²) in [5.41, 5.74) is 0. The predicted octanol–water partition coefficient (Wildman–Crippen LogP) is 1.72. The van der Waals surface area contributed by atoms with Crippen molar-refractivity contribution in [3.63, 3.8) is 0 Å². The zero-order valence-electron chi connectivity index (χ0n) is 12.5. The van der Waals surface area contributed by atoms with Crippen LogP contribution in [0.2, 0.25) is 0 Å². The number of aliphatic imine (C=N–C) groups is 1. The molecule has 0 bridgehead atoms. The van der Waals surface area contributed by atoms with Crippen molar-refractivity contribution >= 4 is 29.9 Å². The molecule has 5 nitrogen and oxygen atoms in total. The lowest BCUT2D eigenvalue weighted by Gasteiger charge is -2.20. The molecule has 0 saturated carbocycles. The van der Waals surface area contributed by atoms with E-state index in [-0.39, 0.29) is 24.0 Å². The Labute approximate surface area is 139 Å². The molecule has 2 fully saturated rings. The minimum atomic E-state index is 0. The maximum Gasteiger partial charge on any atom is 0.193 e. The maximum atomic E-state index is 5.69. The van der Waals surface area contributed by atoms with E-state index in [1.54, 1.807) is 0 Å². The van der Waals surface area contributed by atoms with Gasteiger partial charge < -0.3 is 19.7 Å². The summed E-state index contributed by atoms with van der Waals surface area (Å²) in [5, 5.41) is 3.41. The monoisotopic (exact) mass is 397 g/mol. The van der Waals surface area contributed by atoms with Gasteiger partial charge in [0.1, 0.15) is 0 Å². The first-order chi connectivity index (χ1) is 9.40. The third-order valence-corrected chi connectivity index (χ3v) is 3.74. The van der Waals surface area contributed by atoms with E-state index in [4.69, 9.17) is 9.47 Å². The Morgan fingerprint density at radius 3 is 2.85 bits per heavy atom. The minimum absolute atomic E-state index is 0. The quantitative estimate of drug-likeness (QED) is 0.321. The van der Waals surface area contributed by atoms with Gasteiger partial charge in [0.05, 0.1) is 13.2 Å². The SMILES string of the molecule is CN=C(NCCCOCC1CCOC1)N1CCCC1.I. The van der Waals surface area contributed by atoms with Gasteiger partial charge in [-0.2, -0.15) is 0 Å². The van der Waals surface area contributed by atoms with Gasteiger partial charge in [-0.05, 0) is 25.7 Å². The van der Waals surface area contributed by atoms with Crippen LogP contribution in [0.3, 0.4) is 0 Å². The highest BCUT2D eigenvalue weighted by atomic mass is 127. The Balaban J connectivity index is 0.00000200. The zero-order valence-corrected chi connectivity index (χ0v) is 14.8. The van der Waals surface area contributed by atoms with Gasteiger partial charge in [-0.25, -0.2) is 0 Å². The van der Waals surface area contributed by atoms with Crippen LogP contribution < -0.4 is 5.32 Å². The predicted molar refractivity (Wildman–Crippen MR) is 91.9 cm³/mol. The molecule has 2 rings (SSSR count). The highest BCUT2D eigenvalue weighted by Crippen LogP contribution is 2.12. The van der Waals surface area contributed by atoms with E-state index in [0.717, 1.165) is 64.9 Å². The molecule has 0 aliphatic carbocycles. The maximum absolute atomic E-state index is 5.69. The molecule has 0 aromatic rings. The molecule has 2 aliphatic heterocycles. The fourth-order valence-electron chi connectivity index (χ4n) is 2.60. The number of nitrogens with zero attached hydrogens (tertiary/aromatic N) is 2. The van der Waals surface area contributed by atoms with Crippen LogP contribution in [0.25, 0.3) is 0 Å². The lowest BCUT2D eigenvalue weighted by molar-refractivity contribution is 0.0887. The molecule has 2 saturated heterocycles. The van der Waals surface area contributed by atoms with Crippen molar-refractivity contribution in [3.05, 3.63) is 0 Å². The van der Waals surface area contributed by atoms with Gasteiger partial charge in [-0.15, -0.1) is 24.0 Å². The van der Waals surface area contributed by atoms with E-state index >= 15 is 0 Å². The molecule has 1 N–H and O–H groups in total. The van der Waals surface area contributed by atoms with E-state index in [2.05, 4.69) is 15.2 Å². The fraction of sp³-hybridized carbons (Fsp3) is 0.929. The Morgan fingerprint density at radius 2 is 2.20 bits per heavy atom. The van der Waals surface area contributed by atoms with E-state index in [9.17, 15) is 0 Å². The van der Waals surface area contributed by atoms with Gasteiger partial charge >= 0.3 is 0 Å². The molecule has 0 amide bonds. The van der Waals surface area contributed by atoms with Crippen molar-refractivity contribution in [3.8, 4) is 0 Å². The fourth-order valence-corrected chi connectivity index (χ4v) is 2.60. The molecule has 118 valence electrons. The number of likely N-dealkylation sites (tertiary alicyclic amines) is 1. The van der Waals surface area contributed by atoms with E-state index < -0.39 is 0 Å².